The van der Waals surface area contributed by atoms with Crippen LogP contribution in [0.3, 0.4) is 0 Å². The molecule has 0 saturated carbocycles. The topological polar surface area (TPSA) is 101 Å². The SMILES string of the molecule is CCOC(=O)c1ccc(NC(=O)C(C)Sc2nc(-c3ccccc3)cc(-c3ccc(OC)cc3)c2C#N)cc1. The molecule has 4 rings (SSSR count). The van der Waals surface area contributed by atoms with Crippen molar-refractivity contribution < 1.29 is 19.1 Å². The van der Waals surface area contributed by atoms with E-state index >= 15 is 0 Å². The first kappa shape index (κ1) is 27.4. The number of esters is 1. The Morgan fingerprint density at radius 1 is 1.00 bits per heavy atom. The third-order valence-corrected chi connectivity index (χ3v) is 6.98. The minimum absolute atomic E-state index is 0.259. The van der Waals surface area contributed by atoms with Crippen LogP contribution in [0.4, 0.5) is 5.69 Å². The van der Waals surface area contributed by atoms with Gasteiger partial charge in [0.15, 0.2) is 0 Å². The summed E-state index contributed by atoms with van der Waals surface area (Å²) in [7, 11) is 1.60. The van der Waals surface area contributed by atoms with Crippen molar-refractivity contribution in [2.24, 2.45) is 0 Å². The summed E-state index contributed by atoms with van der Waals surface area (Å²) in [4.78, 5) is 29.8. The van der Waals surface area contributed by atoms with Crippen LogP contribution in [-0.2, 0) is 9.53 Å². The molecule has 1 heterocycles. The molecule has 1 N–H and O–H groups in total. The van der Waals surface area contributed by atoms with Crippen LogP contribution in [0.1, 0.15) is 29.8 Å². The summed E-state index contributed by atoms with van der Waals surface area (Å²) < 4.78 is 10.3. The van der Waals surface area contributed by atoms with E-state index < -0.39 is 11.2 Å². The summed E-state index contributed by atoms with van der Waals surface area (Å²) >= 11 is 1.22. The number of aromatic nitrogens is 1. The molecule has 0 aliphatic carbocycles. The maximum atomic E-state index is 13.1. The van der Waals surface area contributed by atoms with E-state index in [0.29, 0.717) is 33.3 Å². The van der Waals surface area contributed by atoms with Gasteiger partial charge in [-0.3, -0.25) is 4.79 Å². The molecule has 0 saturated heterocycles. The van der Waals surface area contributed by atoms with Crippen LogP contribution in [0.5, 0.6) is 5.75 Å². The third-order valence-electron chi connectivity index (χ3n) is 5.89. The fraction of sp³-hybridized carbons (Fsp3) is 0.161. The number of methoxy groups -OCH3 is 1. The molecule has 4 aromatic rings. The molecule has 1 aromatic heterocycles. The molecule has 1 unspecified atom stereocenters. The summed E-state index contributed by atoms with van der Waals surface area (Å²) in [5.41, 5.74) is 4.51. The number of ether oxygens (including phenoxy) is 2. The molecule has 1 amide bonds. The number of anilines is 1. The number of rotatable bonds is 9. The van der Waals surface area contributed by atoms with Crippen LogP contribution in [0.25, 0.3) is 22.4 Å². The average molecular weight is 538 g/mol. The highest BCUT2D eigenvalue weighted by atomic mass is 32.2. The summed E-state index contributed by atoms with van der Waals surface area (Å²) in [6.07, 6.45) is 0. The fourth-order valence-electron chi connectivity index (χ4n) is 3.84. The van der Waals surface area contributed by atoms with Crippen molar-refractivity contribution in [3.05, 3.63) is 96.1 Å². The van der Waals surface area contributed by atoms with E-state index in [2.05, 4.69) is 11.4 Å². The number of benzene rings is 3. The normalized spacial score (nSPS) is 11.2. The standard InChI is InChI=1S/C31H27N3O4S/c1-4-38-31(36)23-10-14-24(15-11-23)33-29(35)20(2)39-30-27(19-32)26(21-12-16-25(37-3)17-13-21)18-28(34-30)22-8-6-5-7-9-22/h5-18,20H,4H2,1-3H3,(H,33,35). The lowest BCUT2D eigenvalue weighted by molar-refractivity contribution is -0.115. The number of hydrogen-bond acceptors (Lipinski definition) is 7. The van der Waals surface area contributed by atoms with Crippen molar-refractivity contribution in [3.8, 4) is 34.2 Å². The van der Waals surface area contributed by atoms with E-state index in [0.717, 1.165) is 16.7 Å². The molecule has 8 heteroatoms. The molecular weight excluding hydrogens is 510 g/mol. The van der Waals surface area contributed by atoms with Gasteiger partial charge in [-0.15, -0.1) is 0 Å². The fourth-order valence-corrected chi connectivity index (χ4v) is 4.76. The maximum Gasteiger partial charge on any atom is 0.338 e. The Balaban J connectivity index is 1.63. The summed E-state index contributed by atoms with van der Waals surface area (Å²) in [6.45, 7) is 3.79. The molecule has 0 radical (unpaired) electrons. The highest BCUT2D eigenvalue weighted by Gasteiger charge is 2.22. The molecule has 1 atom stereocenters. The zero-order chi connectivity index (χ0) is 27.8. The monoisotopic (exact) mass is 537 g/mol. The van der Waals surface area contributed by atoms with Gasteiger partial charge in [0.25, 0.3) is 0 Å². The van der Waals surface area contributed by atoms with Gasteiger partial charge in [-0.25, -0.2) is 9.78 Å². The second kappa shape index (κ2) is 12.8. The van der Waals surface area contributed by atoms with Gasteiger partial charge in [0.05, 0.1) is 35.8 Å². The van der Waals surface area contributed by atoms with Crippen LogP contribution >= 0.6 is 11.8 Å². The van der Waals surface area contributed by atoms with Crippen molar-refractivity contribution in [1.82, 2.24) is 4.98 Å². The predicted octanol–water partition coefficient (Wildman–Crippen LogP) is 6.59. The molecule has 0 aliphatic heterocycles. The molecule has 3 aromatic carbocycles. The van der Waals surface area contributed by atoms with Crippen molar-refractivity contribution in [3.63, 3.8) is 0 Å². The number of pyridine rings is 1. The second-order valence-corrected chi connectivity index (χ2v) is 9.82. The number of nitrogens with zero attached hydrogens (tertiary/aromatic N) is 2. The number of amides is 1. The van der Waals surface area contributed by atoms with Gasteiger partial charge in [0, 0.05) is 16.8 Å². The quantitative estimate of drug-likeness (QED) is 0.190. The van der Waals surface area contributed by atoms with Crippen molar-refractivity contribution in [2.45, 2.75) is 24.1 Å². The Hall–Kier alpha value is -4.61. The van der Waals surface area contributed by atoms with Gasteiger partial charge in [0.2, 0.25) is 5.91 Å². The summed E-state index contributed by atoms with van der Waals surface area (Å²) in [6, 6.07) is 27.9. The summed E-state index contributed by atoms with van der Waals surface area (Å²) in [5.74, 6) is 0.0378. The molecule has 7 nitrogen and oxygen atoms in total. The first-order valence-corrected chi connectivity index (χ1v) is 13.2. The Kier molecular flexibility index (Phi) is 8.97. The number of carbonyl (C=O) groups excluding carboxylic acids is 2. The number of carbonyl (C=O) groups is 2. The third kappa shape index (κ3) is 6.64. The van der Waals surface area contributed by atoms with Crippen LogP contribution in [-0.4, -0.2) is 35.8 Å². The predicted molar refractivity (Wildman–Crippen MR) is 153 cm³/mol. The van der Waals surface area contributed by atoms with E-state index in [1.807, 2.05) is 60.7 Å². The molecule has 0 fully saturated rings. The smallest absolute Gasteiger partial charge is 0.338 e. The van der Waals surface area contributed by atoms with Gasteiger partial charge in [-0.05, 0) is 61.9 Å². The van der Waals surface area contributed by atoms with Gasteiger partial charge < -0.3 is 14.8 Å². The molecule has 196 valence electrons. The van der Waals surface area contributed by atoms with E-state index in [4.69, 9.17) is 14.5 Å². The molecule has 0 spiro atoms. The Morgan fingerprint density at radius 2 is 1.69 bits per heavy atom. The van der Waals surface area contributed by atoms with Gasteiger partial charge in [-0.1, -0.05) is 54.2 Å². The molecular formula is C31H27N3O4S. The number of nitrogens with one attached hydrogen (secondary N) is 1. The second-order valence-electron chi connectivity index (χ2n) is 8.49. The van der Waals surface area contributed by atoms with Gasteiger partial charge >= 0.3 is 5.97 Å². The highest BCUT2D eigenvalue weighted by Crippen LogP contribution is 2.36. The highest BCUT2D eigenvalue weighted by molar-refractivity contribution is 8.00. The van der Waals surface area contributed by atoms with Crippen molar-refractivity contribution in [1.29, 1.82) is 5.26 Å². The van der Waals surface area contributed by atoms with Crippen molar-refractivity contribution >= 4 is 29.3 Å². The first-order chi connectivity index (χ1) is 18.9. The first-order valence-electron chi connectivity index (χ1n) is 12.3. The number of hydrogen-bond donors (Lipinski definition) is 1. The van der Waals surface area contributed by atoms with Crippen LogP contribution in [0, 0.1) is 11.3 Å². The number of nitriles is 1. The zero-order valence-electron chi connectivity index (χ0n) is 21.8. The molecule has 0 aliphatic rings. The molecule has 39 heavy (non-hydrogen) atoms. The van der Waals surface area contributed by atoms with Gasteiger partial charge in [-0.2, -0.15) is 5.26 Å². The van der Waals surface area contributed by atoms with Gasteiger partial charge in [0.1, 0.15) is 16.8 Å². The van der Waals surface area contributed by atoms with E-state index in [1.54, 1.807) is 45.2 Å². The largest absolute Gasteiger partial charge is 0.497 e. The Morgan fingerprint density at radius 3 is 2.31 bits per heavy atom. The zero-order valence-corrected chi connectivity index (χ0v) is 22.6. The molecule has 0 bridgehead atoms. The number of thioether (sulfide) groups is 1. The lowest BCUT2D eigenvalue weighted by Crippen LogP contribution is -2.22. The average Bonchev–Trinajstić information content (AvgIpc) is 2.97. The lowest BCUT2D eigenvalue weighted by Gasteiger charge is -2.16. The van der Waals surface area contributed by atoms with Crippen LogP contribution < -0.4 is 10.1 Å². The van der Waals surface area contributed by atoms with Crippen molar-refractivity contribution in [2.75, 3.05) is 19.0 Å². The minimum Gasteiger partial charge on any atom is -0.497 e. The van der Waals surface area contributed by atoms with E-state index in [-0.39, 0.29) is 12.5 Å². The maximum absolute atomic E-state index is 13.1. The van der Waals surface area contributed by atoms with E-state index in [9.17, 15) is 14.9 Å². The lowest BCUT2D eigenvalue weighted by atomic mass is 9.99. The van der Waals surface area contributed by atoms with Crippen LogP contribution in [0.15, 0.2) is 90.0 Å². The summed E-state index contributed by atoms with van der Waals surface area (Å²) in [5, 5.41) is 12.9. The Bertz CT molecular complexity index is 1500. The Labute approximate surface area is 231 Å². The van der Waals surface area contributed by atoms with E-state index in [1.165, 1.54) is 11.8 Å². The minimum atomic E-state index is -0.566. The van der Waals surface area contributed by atoms with Crippen LogP contribution in [0.2, 0.25) is 0 Å².